The number of carbonyl (C=O) groups excluding carboxylic acids is 2. The molecule has 0 aromatic heterocycles. The van der Waals surface area contributed by atoms with Crippen LogP contribution in [-0.4, -0.2) is 78.1 Å². The molecule has 5 rings (SSSR count). The maximum Gasteiger partial charge on any atom is 0.410 e. The van der Waals surface area contributed by atoms with E-state index in [-0.39, 0.29) is 12.0 Å². The summed E-state index contributed by atoms with van der Waals surface area (Å²) in [6.07, 6.45) is 4.57. The maximum absolute atomic E-state index is 13.7. The summed E-state index contributed by atoms with van der Waals surface area (Å²) >= 11 is 0. The number of piperazine rings is 1. The standard InChI is InChI=1S/C29H43N3O3/c1-21-9-7-8-10-24(21)26(33)32(20-22-11-12-23-19-25(22)29(23,5)6)18-15-30-13-16-31(17-14-30)27(34)35-28(2,3)4/h7-11,23,25H,12-20H2,1-6H3. The first-order valence-corrected chi connectivity index (χ1v) is 13.2. The smallest absolute Gasteiger partial charge is 0.410 e. The van der Waals surface area contributed by atoms with Gasteiger partial charge < -0.3 is 14.5 Å². The lowest BCUT2D eigenvalue weighted by Crippen LogP contribution is -2.52. The highest BCUT2D eigenvalue weighted by Gasteiger charge is 2.51. The van der Waals surface area contributed by atoms with Crippen molar-refractivity contribution < 1.29 is 14.3 Å². The second-order valence-corrected chi connectivity index (χ2v) is 12.2. The molecule has 1 heterocycles. The average Bonchev–Trinajstić information content (AvgIpc) is 2.81. The van der Waals surface area contributed by atoms with Gasteiger partial charge >= 0.3 is 6.09 Å². The van der Waals surface area contributed by atoms with Crippen LogP contribution in [0.4, 0.5) is 4.79 Å². The van der Waals surface area contributed by atoms with Crippen LogP contribution >= 0.6 is 0 Å². The quantitative estimate of drug-likeness (QED) is 0.538. The number of fused-ring (bicyclic) bond motifs is 1. The average molecular weight is 482 g/mol. The topological polar surface area (TPSA) is 53.1 Å². The molecular formula is C29H43N3O3. The number of hydrogen-bond donors (Lipinski definition) is 0. The van der Waals surface area contributed by atoms with Gasteiger partial charge in [-0.15, -0.1) is 0 Å². The van der Waals surface area contributed by atoms with E-state index in [1.165, 1.54) is 12.0 Å². The second-order valence-electron chi connectivity index (χ2n) is 12.2. The van der Waals surface area contributed by atoms with Crippen molar-refractivity contribution in [2.75, 3.05) is 45.8 Å². The predicted octanol–water partition coefficient (Wildman–Crippen LogP) is 4.98. The summed E-state index contributed by atoms with van der Waals surface area (Å²) in [6.45, 7) is 17.6. The van der Waals surface area contributed by atoms with Crippen molar-refractivity contribution in [1.82, 2.24) is 14.7 Å². The Morgan fingerprint density at radius 1 is 1.11 bits per heavy atom. The summed E-state index contributed by atoms with van der Waals surface area (Å²) in [6, 6.07) is 7.90. The summed E-state index contributed by atoms with van der Waals surface area (Å²) in [4.78, 5) is 32.3. The minimum Gasteiger partial charge on any atom is -0.444 e. The van der Waals surface area contributed by atoms with Crippen molar-refractivity contribution in [3.8, 4) is 0 Å². The highest BCUT2D eigenvalue weighted by atomic mass is 16.6. The fourth-order valence-corrected chi connectivity index (χ4v) is 5.85. The van der Waals surface area contributed by atoms with Crippen molar-refractivity contribution in [3.63, 3.8) is 0 Å². The van der Waals surface area contributed by atoms with E-state index < -0.39 is 5.60 Å². The molecule has 35 heavy (non-hydrogen) atoms. The predicted molar refractivity (Wildman–Crippen MR) is 139 cm³/mol. The molecule has 4 aliphatic rings. The van der Waals surface area contributed by atoms with Gasteiger partial charge in [0.1, 0.15) is 5.60 Å². The molecule has 2 unspecified atom stereocenters. The zero-order valence-electron chi connectivity index (χ0n) is 22.5. The molecule has 0 N–H and O–H groups in total. The Labute approximate surface area is 211 Å². The Bertz CT molecular complexity index is 970. The lowest BCUT2D eigenvalue weighted by molar-refractivity contribution is -0.0107. The Morgan fingerprint density at radius 3 is 2.40 bits per heavy atom. The molecule has 0 spiro atoms. The zero-order chi connectivity index (χ0) is 25.4. The van der Waals surface area contributed by atoms with Gasteiger partial charge in [0.05, 0.1) is 0 Å². The molecule has 3 aliphatic carbocycles. The third-order valence-electron chi connectivity index (χ3n) is 8.33. The number of nitrogens with zero attached hydrogens (tertiary/aromatic N) is 3. The number of amides is 2. The van der Waals surface area contributed by atoms with Crippen LogP contribution in [0.1, 0.15) is 63.4 Å². The van der Waals surface area contributed by atoms with E-state index in [1.807, 2.05) is 52.0 Å². The first-order valence-electron chi connectivity index (χ1n) is 13.2. The third-order valence-corrected chi connectivity index (χ3v) is 8.33. The highest BCUT2D eigenvalue weighted by Crippen LogP contribution is 2.59. The van der Waals surface area contributed by atoms with Crippen LogP contribution in [0.5, 0.6) is 0 Å². The van der Waals surface area contributed by atoms with E-state index >= 15 is 0 Å². The molecule has 2 fully saturated rings. The molecule has 1 saturated heterocycles. The van der Waals surface area contributed by atoms with Crippen LogP contribution in [-0.2, 0) is 4.74 Å². The normalized spacial score (nSPS) is 23.8. The molecule has 6 heteroatoms. The van der Waals surface area contributed by atoms with Crippen molar-refractivity contribution in [3.05, 3.63) is 47.0 Å². The Kier molecular flexibility index (Phi) is 7.33. The van der Waals surface area contributed by atoms with E-state index in [4.69, 9.17) is 4.74 Å². The number of rotatable bonds is 6. The molecule has 6 nitrogen and oxygen atoms in total. The van der Waals surface area contributed by atoms with Gasteiger partial charge in [0, 0.05) is 51.4 Å². The maximum atomic E-state index is 13.7. The van der Waals surface area contributed by atoms with Crippen LogP contribution < -0.4 is 0 Å². The van der Waals surface area contributed by atoms with Crippen molar-refractivity contribution in [1.29, 1.82) is 0 Å². The van der Waals surface area contributed by atoms with Crippen LogP contribution in [0.25, 0.3) is 0 Å². The fourth-order valence-electron chi connectivity index (χ4n) is 5.85. The van der Waals surface area contributed by atoms with Crippen molar-refractivity contribution in [2.45, 2.75) is 60.0 Å². The minimum absolute atomic E-state index is 0.121. The number of ether oxygens (including phenoxy) is 1. The van der Waals surface area contributed by atoms with Gasteiger partial charge in [0.15, 0.2) is 0 Å². The van der Waals surface area contributed by atoms with Crippen LogP contribution in [0.3, 0.4) is 0 Å². The second kappa shape index (κ2) is 9.96. The van der Waals surface area contributed by atoms with Crippen molar-refractivity contribution >= 4 is 12.0 Å². The van der Waals surface area contributed by atoms with Gasteiger partial charge in [0.2, 0.25) is 0 Å². The van der Waals surface area contributed by atoms with Crippen LogP contribution in [0.2, 0.25) is 0 Å². The Balaban J connectivity index is 1.39. The zero-order valence-corrected chi connectivity index (χ0v) is 22.5. The lowest BCUT2D eigenvalue weighted by atomic mass is 9.49. The number of allylic oxidation sites excluding steroid dienone is 1. The summed E-state index contributed by atoms with van der Waals surface area (Å²) in [7, 11) is 0. The molecule has 2 bridgehead atoms. The van der Waals surface area contributed by atoms with Gasteiger partial charge in [-0.1, -0.05) is 43.7 Å². The largest absolute Gasteiger partial charge is 0.444 e. The van der Waals surface area contributed by atoms with Crippen LogP contribution in [0, 0.1) is 24.2 Å². The summed E-state index contributed by atoms with van der Waals surface area (Å²) in [5, 5.41) is 0. The Hall–Kier alpha value is -2.34. The molecule has 1 aromatic rings. The molecule has 1 saturated carbocycles. The van der Waals surface area contributed by atoms with Gasteiger partial charge in [-0.25, -0.2) is 4.79 Å². The van der Waals surface area contributed by atoms with Gasteiger partial charge in [-0.2, -0.15) is 0 Å². The van der Waals surface area contributed by atoms with Gasteiger partial charge in [0.25, 0.3) is 5.91 Å². The molecular weight excluding hydrogens is 438 g/mol. The fraction of sp³-hybridized carbons (Fsp3) is 0.655. The van der Waals surface area contributed by atoms with E-state index in [0.717, 1.165) is 43.1 Å². The molecule has 2 atom stereocenters. The Morgan fingerprint density at radius 2 is 1.80 bits per heavy atom. The first kappa shape index (κ1) is 25.7. The van der Waals surface area contributed by atoms with Gasteiger partial charge in [-0.05, 0) is 69.4 Å². The summed E-state index contributed by atoms with van der Waals surface area (Å²) < 4.78 is 5.53. The van der Waals surface area contributed by atoms with E-state index in [2.05, 4.69) is 29.7 Å². The molecule has 2 amide bonds. The van der Waals surface area contributed by atoms with Gasteiger partial charge in [-0.3, -0.25) is 9.69 Å². The van der Waals surface area contributed by atoms with E-state index in [9.17, 15) is 9.59 Å². The molecule has 0 radical (unpaired) electrons. The summed E-state index contributed by atoms with van der Waals surface area (Å²) in [5.41, 5.74) is 3.13. The third kappa shape index (κ3) is 5.74. The number of aryl methyl sites for hydroxylation is 1. The first-order chi connectivity index (χ1) is 16.5. The SMILES string of the molecule is Cc1ccccc1C(=O)N(CCN1CCN(C(=O)OC(C)(C)C)CC1)CC1=CCC2CC1C2(C)C. The van der Waals surface area contributed by atoms with E-state index in [0.29, 0.717) is 37.5 Å². The van der Waals surface area contributed by atoms with Crippen molar-refractivity contribution in [2.24, 2.45) is 17.3 Å². The van der Waals surface area contributed by atoms with Crippen LogP contribution in [0.15, 0.2) is 35.9 Å². The monoisotopic (exact) mass is 481 g/mol. The van der Waals surface area contributed by atoms with E-state index in [1.54, 1.807) is 4.90 Å². The number of carbonyl (C=O) groups is 2. The number of benzene rings is 1. The molecule has 1 aliphatic heterocycles. The molecule has 1 aromatic carbocycles. The highest BCUT2D eigenvalue weighted by molar-refractivity contribution is 5.95. The summed E-state index contributed by atoms with van der Waals surface area (Å²) in [5.74, 6) is 1.50. The molecule has 192 valence electrons. The lowest BCUT2D eigenvalue weighted by Gasteiger charge is -2.57. The number of hydrogen-bond acceptors (Lipinski definition) is 4. The minimum atomic E-state index is -0.479.